The van der Waals surface area contributed by atoms with Crippen molar-refractivity contribution in [1.82, 2.24) is 15.8 Å². The van der Waals surface area contributed by atoms with Crippen LogP contribution in [0.15, 0.2) is 53.9 Å². The van der Waals surface area contributed by atoms with Crippen LogP contribution in [0.1, 0.15) is 15.2 Å². The zero-order chi connectivity index (χ0) is 21.3. The van der Waals surface area contributed by atoms with Crippen molar-refractivity contribution in [3.63, 3.8) is 0 Å². The number of nitrogens with one attached hydrogen (secondary N) is 2. The second-order valence-corrected chi connectivity index (χ2v) is 8.10. The van der Waals surface area contributed by atoms with Crippen LogP contribution in [0.4, 0.5) is 0 Å². The fourth-order valence-electron chi connectivity index (χ4n) is 2.55. The molecular formula is C20H19N3O5S2. The van der Waals surface area contributed by atoms with Crippen LogP contribution in [0.25, 0.3) is 6.08 Å². The van der Waals surface area contributed by atoms with Crippen LogP contribution < -0.4 is 10.9 Å². The number of thioether (sulfide) groups is 1. The molecule has 1 aliphatic heterocycles. The third-order valence-electron chi connectivity index (χ3n) is 4.06. The van der Waals surface area contributed by atoms with E-state index in [1.165, 1.54) is 34.1 Å². The summed E-state index contributed by atoms with van der Waals surface area (Å²) in [6.07, 6.45) is 3.09. The lowest BCUT2D eigenvalue weighted by molar-refractivity contribution is -0.154. The molecule has 1 aromatic carbocycles. The number of rotatable bonds is 6. The number of hydrogen-bond acceptors (Lipinski definition) is 7. The number of carbonyl (C=O) groups is 4. The summed E-state index contributed by atoms with van der Waals surface area (Å²) in [7, 11) is 0. The normalized spacial score (nSPS) is 15.7. The Kier molecular flexibility index (Phi) is 7.63. The largest absolute Gasteiger partial charge is 0.454 e. The monoisotopic (exact) mass is 445 g/mol. The molecule has 30 heavy (non-hydrogen) atoms. The van der Waals surface area contributed by atoms with Gasteiger partial charge in [-0.05, 0) is 23.1 Å². The van der Waals surface area contributed by atoms with E-state index in [2.05, 4.69) is 10.9 Å². The van der Waals surface area contributed by atoms with Gasteiger partial charge < -0.3 is 9.64 Å². The molecule has 1 saturated heterocycles. The molecule has 0 radical (unpaired) electrons. The quantitative estimate of drug-likeness (QED) is 0.398. The molecule has 0 spiro atoms. The van der Waals surface area contributed by atoms with E-state index < -0.39 is 30.4 Å². The van der Waals surface area contributed by atoms with Crippen molar-refractivity contribution < 1.29 is 23.9 Å². The van der Waals surface area contributed by atoms with Crippen molar-refractivity contribution in [1.29, 1.82) is 0 Å². The van der Waals surface area contributed by atoms with Gasteiger partial charge in [-0.1, -0.05) is 36.4 Å². The van der Waals surface area contributed by atoms with Gasteiger partial charge in [-0.3, -0.25) is 25.2 Å². The Morgan fingerprint density at radius 1 is 1.10 bits per heavy atom. The fourth-order valence-corrected chi connectivity index (χ4v) is 4.31. The van der Waals surface area contributed by atoms with Gasteiger partial charge >= 0.3 is 5.97 Å². The van der Waals surface area contributed by atoms with Crippen molar-refractivity contribution in [3.8, 4) is 0 Å². The summed E-state index contributed by atoms with van der Waals surface area (Å²) < 4.78 is 5.02. The Bertz CT molecular complexity index is 931. The minimum absolute atomic E-state index is 0.307. The Balaban J connectivity index is 1.45. The lowest BCUT2D eigenvalue weighted by Gasteiger charge is -2.20. The molecule has 3 rings (SSSR count). The van der Waals surface area contributed by atoms with E-state index in [1.54, 1.807) is 23.6 Å². The first-order valence-electron chi connectivity index (χ1n) is 8.95. The molecule has 1 aromatic heterocycles. The van der Waals surface area contributed by atoms with Crippen LogP contribution in [0.2, 0.25) is 0 Å². The van der Waals surface area contributed by atoms with Crippen molar-refractivity contribution in [2.75, 3.05) is 18.2 Å². The second-order valence-electron chi connectivity index (χ2n) is 6.16. The molecule has 10 heteroatoms. The van der Waals surface area contributed by atoms with Crippen LogP contribution in [0.3, 0.4) is 0 Å². The van der Waals surface area contributed by atoms with E-state index in [-0.39, 0.29) is 5.91 Å². The van der Waals surface area contributed by atoms with E-state index in [0.717, 1.165) is 5.56 Å². The van der Waals surface area contributed by atoms with Crippen LogP contribution in [0, 0.1) is 0 Å². The summed E-state index contributed by atoms with van der Waals surface area (Å²) in [6.45, 7) is -0.563. The number of nitrogens with zero attached hydrogens (tertiary/aromatic N) is 1. The Hall–Kier alpha value is -3.11. The summed E-state index contributed by atoms with van der Waals surface area (Å²) in [5.74, 6) is -1.36. The van der Waals surface area contributed by atoms with Crippen molar-refractivity contribution in [2.24, 2.45) is 0 Å². The van der Waals surface area contributed by atoms with Gasteiger partial charge in [0.1, 0.15) is 6.04 Å². The second kappa shape index (κ2) is 10.6. The lowest BCUT2D eigenvalue weighted by atomic mass is 10.2. The fraction of sp³-hybridized carbons (Fsp3) is 0.200. The summed E-state index contributed by atoms with van der Waals surface area (Å²) >= 11 is 2.66. The Morgan fingerprint density at radius 2 is 1.90 bits per heavy atom. The summed E-state index contributed by atoms with van der Waals surface area (Å²) in [5.41, 5.74) is 5.30. The third-order valence-corrected chi connectivity index (χ3v) is 5.94. The molecular weight excluding hydrogens is 426 g/mol. The molecule has 1 atom stereocenters. The van der Waals surface area contributed by atoms with Crippen LogP contribution in [-0.2, 0) is 19.1 Å². The van der Waals surface area contributed by atoms with Gasteiger partial charge in [-0.15, -0.1) is 23.1 Å². The van der Waals surface area contributed by atoms with Gasteiger partial charge in [0, 0.05) is 11.8 Å². The minimum atomic E-state index is -0.767. The summed E-state index contributed by atoms with van der Waals surface area (Å²) in [5, 5.41) is 1.74. The predicted molar refractivity (Wildman–Crippen MR) is 114 cm³/mol. The Morgan fingerprint density at radius 3 is 2.63 bits per heavy atom. The van der Waals surface area contributed by atoms with Crippen molar-refractivity contribution >= 4 is 52.9 Å². The van der Waals surface area contributed by atoms with E-state index in [1.807, 2.05) is 30.3 Å². The van der Waals surface area contributed by atoms with Gasteiger partial charge in [0.25, 0.3) is 11.8 Å². The molecule has 156 valence electrons. The van der Waals surface area contributed by atoms with Crippen LogP contribution >= 0.6 is 23.1 Å². The van der Waals surface area contributed by atoms with Gasteiger partial charge in [0.15, 0.2) is 6.61 Å². The maximum absolute atomic E-state index is 12.5. The highest BCUT2D eigenvalue weighted by atomic mass is 32.2. The average molecular weight is 446 g/mol. The highest BCUT2D eigenvalue weighted by Gasteiger charge is 2.35. The number of carbonyl (C=O) groups excluding carboxylic acids is 4. The number of amides is 3. The molecule has 0 bridgehead atoms. The third kappa shape index (κ3) is 5.94. The molecule has 2 N–H and O–H groups in total. The first-order chi connectivity index (χ1) is 14.5. The molecule has 2 heterocycles. The maximum atomic E-state index is 12.5. The first kappa shape index (κ1) is 21.6. The summed E-state index contributed by atoms with van der Waals surface area (Å²) in [6, 6.07) is 11.9. The molecule has 3 amide bonds. The number of hydrazine groups is 1. The molecule has 0 aliphatic carbocycles. The zero-order valence-electron chi connectivity index (χ0n) is 15.8. The van der Waals surface area contributed by atoms with E-state index in [9.17, 15) is 19.2 Å². The number of hydrogen-bond donors (Lipinski definition) is 2. The lowest BCUT2D eigenvalue weighted by Crippen LogP contribution is -2.45. The predicted octanol–water partition coefficient (Wildman–Crippen LogP) is 1.67. The number of esters is 1. The molecule has 2 aromatic rings. The van der Waals surface area contributed by atoms with E-state index in [4.69, 9.17) is 4.74 Å². The molecule has 8 nitrogen and oxygen atoms in total. The zero-order valence-corrected chi connectivity index (χ0v) is 17.4. The van der Waals surface area contributed by atoms with Crippen LogP contribution in [-0.4, -0.2) is 52.9 Å². The van der Waals surface area contributed by atoms with Gasteiger partial charge in [0.05, 0.1) is 10.8 Å². The smallest absolute Gasteiger partial charge is 0.330 e. The van der Waals surface area contributed by atoms with Crippen LogP contribution in [0.5, 0.6) is 0 Å². The molecule has 0 saturated carbocycles. The number of ether oxygens (including phenoxy) is 1. The molecule has 0 unspecified atom stereocenters. The maximum Gasteiger partial charge on any atom is 0.330 e. The topological polar surface area (TPSA) is 105 Å². The van der Waals surface area contributed by atoms with Crippen molar-refractivity contribution in [3.05, 3.63) is 64.4 Å². The highest BCUT2D eigenvalue weighted by molar-refractivity contribution is 7.99. The van der Waals surface area contributed by atoms with Gasteiger partial charge in [-0.25, -0.2) is 4.79 Å². The van der Waals surface area contributed by atoms with E-state index in [0.29, 0.717) is 16.5 Å². The minimum Gasteiger partial charge on any atom is -0.454 e. The molecule has 1 fully saturated rings. The molecule has 1 aliphatic rings. The van der Waals surface area contributed by atoms with Crippen molar-refractivity contribution in [2.45, 2.75) is 6.04 Å². The van der Waals surface area contributed by atoms with Gasteiger partial charge in [0.2, 0.25) is 5.91 Å². The first-order valence-corrected chi connectivity index (χ1v) is 11.0. The van der Waals surface area contributed by atoms with E-state index >= 15 is 0 Å². The number of thiophene rings is 1. The SMILES string of the molecule is O=C(COC(=O)[C@@H]1CSCN1C(=O)/C=C/c1ccccc1)NNC(=O)c1cccs1. The Labute approximate surface area is 181 Å². The standard InChI is InChI=1S/C20H19N3O5S2/c24-17(21-22-19(26)16-7-4-10-30-16)11-28-20(27)15-12-29-13-23(15)18(25)9-8-14-5-2-1-3-6-14/h1-10,15H,11-13H2,(H,21,24)(H,22,26)/b9-8+/t15-/m0/s1. The summed E-state index contributed by atoms with van der Waals surface area (Å²) in [4.78, 5) is 50.2. The number of benzene rings is 1. The average Bonchev–Trinajstić information content (AvgIpc) is 3.47. The van der Waals surface area contributed by atoms with Gasteiger partial charge in [-0.2, -0.15) is 0 Å². The highest BCUT2D eigenvalue weighted by Crippen LogP contribution is 2.22.